The Balaban J connectivity index is 2.66. The number of nitrogens with one attached hydrogen (secondary N) is 1. The first-order valence-corrected chi connectivity index (χ1v) is 4.22. The number of hydrazine groups is 1. The van der Waals surface area contributed by atoms with Crippen LogP contribution in [0, 0.1) is 0 Å². The van der Waals surface area contributed by atoms with Gasteiger partial charge in [-0.15, -0.1) is 0 Å². The molecule has 0 aliphatic rings. The van der Waals surface area contributed by atoms with E-state index >= 15 is 0 Å². The monoisotopic (exact) mass is 168 g/mol. The van der Waals surface area contributed by atoms with E-state index in [1.165, 1.54) is 0 Å². The first-order chi connectivity index (χ1) is 5.77. The van der Waals surface area contributed by atoms with Crippen molar-refractivity contribution in [2.45, 2.75) is 25.8 Å². The third-order valence-electron chi connectivity index (χ3n) is 1.91. The van der Waals surface area contributed by atoms with E-state index in [9.17, 15) is 0 Å². The van der Waals surface area contributed by atoms with E-state index in [0.717, 1.165) is 18.4 Å². The maximum atomic E-state index is 5.41. The first-order valence-electron chi connectivity index (χ1n) is 4.22. The fourth-order valence-corrected chi connectivity index (χ4v) is 1.25. The van der Waals surface area contributed by atoms with Gasteiger partial charge >= 0.3 is 0 Å². The lowest BCUT2D eigenvalue weighted by atomic mass is 10.1. The van der Waals surface area contributed by atoms with Crippen molar-refractivity contribution in [1.82, 2.24) is 15.2 Å². The Morgan fingerprint density at radius 2 is 2.50 bits per heavy atom. The largest absolute Gasteiger partial charge is 0.275 e. The first kappa shape index (κ1) is 9.22. The Bertz CT molecular complexity index is 231. The third-order valence-corrected chi connectivity index (χ3v) is 1.91. The summed E-state index contributed by atoms with van der Waals surface area (Å²) in [5.41, 5.74) is 3.93. The number of hydrogen-bond acceptors (Lipinski definition) is 3. The molecule has 0 spiro atoms. The van der Waals surface area contributed by atoms with Crippen LogP contribution in [0.25, 0.3) is 0 Å². The van der Waals surface area contributed by atoms with E-state index in [4.69, 9.17) is 5.84 Å². The number of nitrogens with two attached hydrogens (primary N) is 1. The van der Waals surface area contributed by atoms with E-state index in [1.807, 2.05) is 19.4 Å². The molecule has 1 heterocycles. The van der Waals surface area contributed by atoms with Crippen molar-refractivity contribution in [3.8, 4) is 0 Å². The van der Waals surface area contributed by atoms with Crippen molar-refractivity contribution in [2.24, 2.45) is 12.9 Å². The fraction of sp³-hybridized carbons (Fsp3) is 0.625. The van der Waals surface area contributed by atoms with Gasteiger partial charge < -0.3 is 0 Å². The smallest absolute Gasteiger partial charge is 0.0538 e. The molecule has 12 heavy (non-hydrogen) atoms. The molecule has 0 bridgehead atoms. The van der Waals surface area contributed by atoms with Crippen LogP contribution in [-0.4, -0.2) is 9.78 Å². The quantitative estimate of drug-likeness (QED) is 0.514. The van der Waals surface area contributed by atoms with E-state index in [0.29, 0.717) is 0 Å². The summed E-state index contributed by atoms with van der Waals surface area (Å²) in [7, 11) is 1.91. The molecule has 4 heteroatoms. The van der Waals surface area contributed by atoms with Gasteiger partial charge in [-0.25, -0.2) is 0 Å². The molecule has 0 aliphatic carbocycles. The minimum Gasteiger partial charge on any atom is -0.275 e. The molecule has 0 aliphatic heterocycles. The summed E-state index contributed by atoms with van der Waals surface area (Å²) in [6, 6.07) is 0.240. The highest BCUT2D eigenvalue weighted by atomic mass is 15.3. The van der Waals surface area contributed by atoms with Crippen molar-refractivity contribution < 1.29 is 0 Å². The van der Waals surface area contributed by atoms with Crippen LogP contribution in [0.3, 0.4) is 0 Å². The Labute approximate surface area is 72.7 Å². The molecule has 1 rings (SSSR count). The van der Waals surface area contributed by atoms with Crippen molar-refractivity contribution in [2.75, 3.05) is 0 Å². The van der Waals surface area contributed by atoms with Gasteiger partial charge in [0, 0.05) is 24.8 Å². The molecule has 0 saturated carbocycles. The molecule has 1 aromatic rings. The molecule has 1 atom stereocenters. The Morgan fingerprint density at radius 3 is 2.92 bits per heavy atom. The summed E-state index contributed by atoms with van der Waals surface area (Å²) in [4.78, 5) is 0. The number of aryl methyl sites for hydroxylation is 1. The predicted molar refractivity (Wildman–Crippen MR) is 48.2 cm³/mol. The Hall–Kier alpha value is -0.870. The van der Waals surface area contributed by atoms with Gasteiger partial charge in [0.15, 0.2) is 0 Å². The van der Waals surface area contributed by atoms with Gasteiger partial charge in [-0.1, -0.05) is 13.3 Å². The van der Waals surface area contributed by atoms with Gasteiger partial charge in [-0.3, -0.25) is 16.0 Å². The molecule has 3 N–H and O–H groups in total. The molecule has 0 radical (unpaired) electrons. The average molecular weight is 168 g/mol. The molecule has 0 aromatic carbocycles. The second-order valence-electron chi connectivity index (χ2n) is 2.96. The van der Waals surface area contributed by atoms with E-state index in [-0.39, 0.29) is 6.04 Å². The average Bonchev–Trinajstić information content (AvgIpc) is 2.47. The second kappa shape index (κ2) is 4.23. The maximum absolute atomic E-state index is 5.41. The highest BCUT2D eigenvalue weighted by Crippen LogP contribution is 2.15. The summed E-state index contributed by atoms with van der Waals surface area (Å²) in [6.07, 6.45) is 5.99. The maximum Gasteiger partial charge on any atom is 0.0538 e. The molecule has 4 nitrogen and oxygen atoms in total. The lowest BCUT2D eigenvalue weighted by Crippen LogP contribution is -2.27. The van der Waals surface area contributed by atoms with Crippen LogP contribution in [-0.2, 0) is 7.05 Å². The van der Waals surface area contributed by atoms with Crippen molar-refractivity contribution in [1.29, 1.82) is 0 Å². The van der Waals surface area contributed by atoms with Gasteiger partial charge in [-0.2, -0.15) is 5.10 Å². The number of aromatic nitrogens is 2. The molecule has 0 saturated heterocycles. The molecule has 0 amide bonds. The summed E-state index contributed by atoms with van der Waals surface area (Å²) < 4.78 is 1.79. The normalized spacial score (nSPS) is 13.2. The lowest BCUT2D eigenvalue weighted by Gasteiger charge is -2.11. The molecule has 1 unspecified atom stereocenters. The van der Waals surface area contributed by atoms with Crippen LogP contribution < -0.4 is 11.3 Å². The predicted octanol–water partition coefficient (Wildman–Crippen LogP) is 0.725. The summed E-state index contributed by atoms with van der Waals surface area (Å²) in [6.45, 7) is 2.14. The van der Waals surface area contributed by atoms with Crippen LogP contribution in [0.1, 0.15) is 31.4 Å². The Kier molecular flexibility index (Phi) is 3.25. The van der Waals surface area contributed by atoms with E-state index < -0.39 is 0 Å². The van der Waals surface area contributed by atoms with Gasteiger partial charge in [0.05, 0.1) is 6.20 Å². The van der Waals surface area contributed by atoms with Crippen LogP contribution in [0.4, 0.5) is 0 Å². The minimum absolute atomic E-state index is 0.240. The van der Waals surface area contributed by atoms with Gasteiger partial charge in [0.2, 0.25) is 0 Å². The van der Waals surface area contributed by atoms with Crippen LogP contribution in [0.5, 0.6) is 0 Å². The fourth-order valence-electron chi connectivity index (χ4n) is 1.25. The van der Waals surface area contributed by atoms with Crippen LogP contribution >= 0.6 is 0 Å². The number of hydrogen-bond donors (Lipinski definition) is 2. The van der Waals surface area contributed by atoms with E-state index in [1.54, 1.807) is 4.68 Å². The summed E-state index contributed by atoms with van der Waals surface area (Å²) >= 11 is 0. The van der Waals surface area contributed by atoms with Gasteiger partial charge in [0.1, 0.15) is 0 Å². The molecule has 0 fully saturated rings. The molecule has 68 valence electrons. The lowest BCUT2D eigenvalue weighted by molar-refractivity contribution is 0.510. The SMILES string of the molecule is CCCC(NN)c1cnn(C)c1. The zero-order chi connectivity index (χ0) is 8.97. The summed E-state index contributed by atoms with van der Waals surface area (Å²) in [5, 5.41) is 4.09. The minimum atomic E-state index is 0.240. The van der Waals surface area contributed by atoms with Crippen molar-refractivity contribution in [3.63, 3.8) is 0 Å². The zero-order valence-electron chi connectivity index (χ0n) is 7.62. The van der Waals surface area contributed by atoms with Crippen molar-refractivity contribution in [3.05, 3.63) is 18.0 Å². The number of rotatable bonds is 4. The Morgan fingerprint density at radius 1 is 1.75 bits per heavy atom. The van der Waals surface area contributed by atoms with E-state index in [2.05, 4.69) is 17.4 Å². The second-order valence-corrected chi connectivity index (χ2v) is 2.96. The van der Waals surface area contributed by atoms with Crippen LogP contribution in [0.15, 0.2) is 12.4 Å². The van der Waals surface area contributed by atoms with Gasteiger partial charge in [0.25, 0.3) is 0 Å². The highest BCUT2D eigenvalue weighted by molar-refractivity contribution is 5.09. The third kappa shape index (κ3) is 2.06. The molecule has 1 aromatic heterocycles. The van der Waals surface area contributed by atoms with Gasteiger partial charge in [-0.05, 0) is 6.42 Å². The molecular weight excluding hydrogens is 152 g/mol. The molecular formula is C8H16N4. The topological polar surface area (TPSA) is 55.9 Å². The standard InChI is InChI=1S/C8H16N4/c1-3-4-8(11-9)7-5-10-12(2)6-7/h5-6,8,11H,3-4,9H2,1-2H3. The van der Waals surface area contributed by atoms with Crippen LogP contribution in [0.2, 0.25) is 0 Å². The number of nitrogens with zero attached hydrogens (tertiary/aromatic N) is 2. The zero-order valence-corrected chi connectivity index (χ0v) is 7.62. The summed E-state index contributed by atoms with van der Waals surface area (Å²) in [5.74, 6) is 5.41. The van der Waals surface area contributed by atoms with Crippen molar-refractivity contribution >= 4 is 0 Å². The highest BCUT2D eigenvalue weighted by Gasteiger charge is 2.09.